The van der Waals surface area contributed by atoms with Crippen molar-refractivity contribution in [1.29, 1.82) is 0 Å². The molecule has 2 aromatic rings. The van der Waals surface area contributed by atoms with Crippen molar-refractivity contribution in [3.63, 3.8) is 0 Å². The summed E-state index contributed by atoms with van der Waals surface area (Å²) >= 11 is 0. The molecule has 0 bridgehead atoms. The Morgan fingerprint density at radius 3 is 2.42 bits per heavy atom. The second-order valence-electron chi connectivity index (χ2n) is 8.02. The van der Waals surface area contributed by atoms with Gasteiger partial charge in [-0.2, -0.15) is 0 Å². The van der Waals surface area contributed by atoms with E-state index < -0.39 is 6.04 Å². The van der Waals surface area contributed by atoms with Gasteiger partial charge in [-0.05, 0) is 50.8 Å². The lowest BCUT2D eigenvalue weighted by Gasteiger charge is -2.31. The number of nitrogens with zero attached hydrogens (tertiary/aromatic N) is 1. The van der Waals surface area contributed by atoms with E-state index in [2.05, 4.69) is 11.4 Å². The number of rotatable bonds is 12. The number of hydrogen-bond acceptors (Lipinski definition) is 3. The highest BCUT2D eigenvalue weighted by molar-refractivity contribution is 5.87. The number of amides is 2. The van der Waals surface area contributed by atoms with Crippen LogP contribution in [0.5, 0.6) is 5.75 Å². The standard InChI is InChI=1S/C26H36N2O3/c1-5-21(4)27-26(30)24(6-2)28(19-22-13-10-12-20(3)18-22)25(29)16-11-17-31-23-14-8-7-9-15-23/h7-10,12-15,18,21,24H,5-6,11,16-17,19H2,1-4H3,(H,27,30)/t21-,24-/m1/s1. The molecule has 0 aliphatic rings. The third kappa shape index (κ3) is 8.08. The van der Waals surface area contributed by atoms with Crippen molar-refractivity contribution in [2.75, 3.05) is 6.61 Å². The summed E-state index contributed by atoms with van der Waals surface area (Å²) in [6.07, 6.45) is 2.36. The van der Waals surface area contributed by atoms with Gasteiger partial charge in [0.15, 0.2) is 0 Å². The molecule has 0 aromatic heterocycles. The number of carbonyl (C=O) groups excluding carboxylic acids is 2. The molecule has 0 unspecified atom stereocenters. The summed E-state index contributed by atoms with van der Waals surface area (Å²) in [6.45, 7) is 8.89. The van der Waals surface area contributed by atoms with Crippen LogP contribution in [0.3, 0.4) is 0 Å². The highest BCUT2D eigenvalue weighted by atomic mass is 16.5. The predicted molar refractivity (Wildman–Crippen MR) is 125 cm³/mol. The van der Waals surface area contributed by atoms with E-state index in [1.54, 1.807) is 4.90 Å². The van der Waals surface area contributed by atoms with Crippen LogP contribution in [0.2, 0.25) is 0 Å². The molecule has 2 amide bonds. The van der Waals surface area contributed by atoms with Crippen LogP contribution in [-0.4, -0.2) is 35.4 Å². The lowest BCUT2D eigenvalue weighted by molar-refractivity contribution is -0.141. The summed E-state index contributed by atoms with van der Waals surface area (Å²) in [6, 6.07) is 17.3. The molecule has 2 aromatic carbocycles. The average molecular weight is 425 g/mol. The molecule has 0 heterocycles. The molecule has 5 heteroatoms. The number of benzene rings is 2. The van der Waals surface area contributed by atoms with Crippen molar-refractivity contribution in [3.05, 3.63) is 65.7 Å². The van der Waals surface area contributed by atoms with Crippen LogP contribution in [0.4, 0.5) is 0 Å². The van der Waals surface area contributed by atoms with E-state index in [0.29, 0.717) is 32.4 Å². The minimum absolute atomic E-state index is 0.0238. The molecule has 168 valence electrons. The highest BCUT2D eigenvalue weighted by Gasteiger charge is 2.28. The van der Waals surface area contributed by atoms with Gasteiger partial charge in [0.25, 0.3) is 0 Å². The molecule has 2 rings (SSSR count). The molecule has 5 nitrogen and oxygen atoms in total. The Labute approximate surface area is 186 Å². The third-order valence-electron chi connectivity index (χ3n) is 5.37. The minimum atomic E-state index is -0.489. The summed E-state index contributed by atoms with van der Waals surface area (Å²) in [7, 11) is 0. The Balaban J connectivity index is 2.07. The Kier molecular flexibility index (Phi) is 10.1. The number of para-hydroxylation sites is 1. The van der Waals surface area contributed by atoms with E-state index in [0.717, 1.165) is 23.3 Å². The lowest BCUT2D eigenvalue weighted by atomic mass is 10.1. The second kappa shape index (κ2) is 12.8. The van der Waals surface area contributed by atoms with Crippen molar-refractivity contribution in [1.82, 2.24) is 10.2 Å². The van der Waals surface area contributed by atoms with Crippen LogP contribution >= 0.6 is 0 Å². The monoisotopic (exact) mass is 424 g/mol. The fourth-order valence-electron chi connectivity index (χ4n) is 3.44. The predicted octanol–water partition coefficient (Wildman–Crippen LogP) is 4.88. The first-order chi connectivity index (χ1) is 14.9. The normalized spacial score (nSPS) is 12.6. The van der Waals surface area contributed by atoms with E-state index >= 15 is 0 Å². The number of hydrogen-bond donors (Lipinski definition) is 1. The van der Waals surface area contributed by atoms with Crippen LogP contribution in [-0.2, 0) is 16.1 Å². The first-order valence-electron chi connectivity index (χ1n) is 11.3. The van der Waals surface area contributed by atoms with Gasteiger partial charge in [-0.25, -0.2) is 0 Å². The van der Waals surface area contributed by atoms with Crippen molar-refractivity contribution in [2.45, 2.75) is 72.0 Å². The van der Waals surface area contributed by atoms with E-state index in [1.807, 2.05) is 76.2 Å². The molecule has 1 N–H and O–H groups in total. The van der Waals surface area contributed by atoms with Crippen molar-refractivity contribution < 1.29 is 14.3 Å². The lowest BCUT2D eigenvalue weighted by Crippen LogP contribution is -2.50. The van der Waals surface area contributed by atoms with Gasteiger partial charge in [0.1, 0.15) is 11.8 Å². The molecule has 0 saturated carbocycles. The first-order valence-corrected chi connectivity index (χ1v) is 11.3. The van der Waals surface area contributed by atoms with E-state index in [-0.39, 0.29) is 17.9 Å². The van der Waals surface area contributed by atoms with Gasteiger partial charge in [0.2, 0.25) is 11.8 Å². The van der Waals surface area contributed by atoms with Crippen molar-refractivity contribution in [3.8, 4) is 5.75 Å². The van der Waals surface area contributed by atoms with Gasteiger partial charge in [-0.3, -0.25) is 9.59 Å². The topological polar surface area (TPSA) is 58.6 Å². The van der Waals surface area contributed by atoms with Gasteiger partial charge in [-0.15, -0.1) is 0 Å². The van der Waals surface area contributed by atoms with Crippen molar-refractivity contribution in [2.24, 2.45) is 0 Å². The quantitative estimate of drug-likeness (QED) is 0.494. The zero-order valence-electron chi connectivity index (χ0n) is 19.3. The fraction of sp³-hybridized carbons (Fsp3) is 0.462. The molecular weight excluding hydrogens is 388 g/mol. The van der Waals surface area contributed by atoms with Gasteiger partial charge in [-0.1, -0.05) is 61.9 Å². The zero-order chi connectivity index (χ0) is 22.6. The van der Waals surface area contributed by atoms with Crippen LogP contribution < -0.4 is 10.1 Å². The van der Waals surface area contributed by atoms with Crippen LogP contribution in [0.25, 0.3) is 0 Å². The summed E-state index contributed by atoms with van der Waals surface area (Å²) in [4.78, 5) is 27.9. The van der Waals surface area contributed by atoms with Crippen LogP contribution in [0.1, 0.15) is 57.6 Å². The maximum atomic E-state index is 13.2. The molecule has 0 aliphatic carbocycles. The van der Waals surface area contributed by atoms with E-state index in [9.17, 15) is 9.59 Å². The molecule has 0 saturated heterocycles. The Morgan fingerprint density at radius 1 is 1.03 bits per heavy atom. The second-order valence-corrected chi connectivity index (χ2v) is 8.02. The van der Waals surface area contributed by atoms with Gasteiger partial charge in [0, 0.05) is 19.0 Å². The van der Waals surface area contributed by atoms with E-state index in [1.165, 1.54) is 0 Å². The van der Waals surface area contributed by atoms with E-state index in [4.69, 9.17) is 4.74 Å². The number of nitrogens with one attached hydrogen (secondary N) is 1. The maximum absolute atomic E-state index is 13.2. The molecule has 0 aliphatic heterocycles. The zero-order valence-corrected chi connectivity index (χ0v) is 19.3. The van der Waals surface area contributed by atoms with Gasteiger partial charge in [0.05, 0.1) is 6.61 Å². The molecule has 0 spiro atoms. The smallest absolute Gasteiger partial charge is 0.243 e. The Hall–Kier alpha value is -2.82. The molecular formula is C26H36N2O3. The average Bonchev–Trinajstić information content (AvgIpc) is 2.77. The molecule has 0 fully saturated rings. The Bertz CT molecular complexity index is 822. The third-order valence-corrected chi connectivity index (χ3v) is 5.37. The minimum Gasteiger partial charge on any atom is -0.494 e. The molecule has 31 heavy (non-hydrogen) atoms. The Morgan fingerprint density at radius 2 is 1.77 bits per heavy atom. The van der Waals surface area contributed by atoms with Crippen molar-refractivity contribution >= 4 is 11.8 Å². The summed E-state index contributed by atoms with van der Waals surface area (Å²) in [5.74, 6) is 0.689. The summed E-state index contributed by atoms with van der Waals surface area (Å²) in [5, 5.41) is 3.04. The number of ether oxygens (including phenoxy) is 1. The molecule has 2 atom stereocenters. The molecule has 0 radical (unpaired) electrons. The maximum Gasteiger partial charge on any atom is 0.243 e. The van der Waals surface area contributed by atoms with Crippen LogP contribution in [0.15, 0.2) is 54.6 Å². The number of carbonyl (C=O) groups is 2. The fourth-order valence-corrected chi connectivity index (χ4v) is 3.44. The van der Waals surface area contributed by atoms with Crippen LogP contribution in [0, 0.1) is 6.92 Å². The summed E-state index contributed by atoms with van der Waals surface area (Å²) in [5.41, 5.74) is 2.17. The summed E-state index contributed by atoms with van der Waals surface area (Å²) < 4.78 is 5.72. The van der Waals surface area contributed by atoms with Gasteiger partial charge >= 0.3 is 0 Å². The number of aryl methyl sites for hydroxylation is 1. The largest absolute Gasteiger partial charge is 0.494 e. The first kappa shape index (κ1) is 24.4. The SMILES string of the molecule is CC[C@@H](C)NC(=O)[C@@H](CC)N(Cc1cccc(C)c1)C(=O)CCCOc1ccccc1. The highest BCUT2D eigenvalue weighted by Crippen LogP contribution is 2.16. The van der Waals surface area contributed by atoms with Gasteiger partial charge < -0.3 is 15.0 Å².